The summed E-state index contributed by atoms with van der Waals surface area (Å²) in [6, 6.07) is 4.66. The molecule has 0 unspecified atom stereocenters. The number of nitro benzene ring substituents is 1. The van der Waals surface area contributed by atoms with Gasteiger partial charge in [-0.25, -0.2) is 0 Å². The number of rotatable bonds is 2. The lowest BCUT2D eigenvalue weighted by Crippen LogP contribution is -2.04. The topological polar surface area (TPSA) is 98.1 Å². The summed E-state index contributed by atoms with van der Waals surface area (Å²) in [6.07, 6.45) is 1.65. The van der Waals surface area contributed by atoms with Gasteiger partial charge >= 0.3 is 11.7 Å². The van der Waals surface area contributed by atoms with Crippen LogP contribution in [0.25, 0.3) is 21.8 Å². The molecule has 0 amide bonds. The number of aromatic amines is 1. The lowest BCUT2D eigenvalue weighted by atomic mass is 10.1. The van der Waals surface area contributed by atoms with E-state index in [4.69, 9.17) is 4.74 Å². The van der Waals surface area contributed by atoms with Crippen LogP contribution in [0.2, 0.25) is 0 Å². The van der Waals surface area contributed by atoms with Crippen molar-refractivity contribution in [1.82, 2.24) is 9.97 Å². The van der Waals surface area contributed by atoms with Crippen LogP contribution in [0.15, 0.2) is 24.4 Å². The zero-order valence-corrected chi connectivity index (χ0v) is 11.3. The molecule has 3 aromatic rings. The van der Waals surface area contributed by atoms with Crippen LogP contribution in [-0.4, -0.2) is 20.9 Å². The summed E-state index contributed by atoms with van der Waals surface area (Å²) in [6.45, 7) is 3.05. The summed E-state index contributed by atoms with van der Waals surface area (Å²) >= 11 is 0. The van der Waals surface area contributed by atoms with Gasteiger partial charge in [0.1, 0.15) is 0 Å². The molecular formula is C14H11N3O4. The summed E-state index contributed by atoms with van der Waals surface area (Å²) in [4.78, 5) is 29.0. The first-order valence-corrected chi connectivity index (χ1v) is 6.21. The van der Waals surface area contributed by atoms with Gasteiger partial charge in [0.05, 0.1) is 21.7 Å². The van der Waals surface area contributed by atoms with Crippen LogP contribution in [0.3, 0.4) is 0 Å². The second kappa shape index (κ2) is 4.55. The Morgan fingerprint density at radius 3 is 2.81 bits per heavy atom. The van der Waals surface area contributed by atoms with E-state index in [-0.39, 0.29) is 11.4 Å². The first kappa shape index (κ1) is 13.0. The number of carbonyl (C=O) groups is 1. The Labute approximate surface area is 118 Å². The number of ether oxygens (including phenoxy) is 1. The molecular weight excluding hydrogens is 274 g/mol. The van der Waals surface area contributed by atoms with Crippen LogP contribution in [0.1, 0.15) is 12.6 Å². The number of aromatic nitrogens is 2. The minimum Gasteiger partial charge on any atom is -0.419 e. The number of aryl methyl sites for hydroxylation is 1. The third kappa shape index (κ3) is 2.08. The van der Waals surface area contributed by atoms with Crippen molar-refractivity contribution in [1.29, 1.82) is 0 Å². The SMILES string of the molecule is CC(=O)Oc1cc2[nH]c3c(C)nccc3c2cc1[N+](=O)[O-]. The fourth-order valence-electron chi connectivity index (χ4n) is 2.36. The number of benzene rings is 1. The van der Waals surface area contributed by atoms with E-state index in [1.807, 2.05) is 6.92 Å². The summed E-state index contributed by atoms with van der Waals surface area (Å²) in [7, 11) is 0. The van der Waals surface area contributed by atoms with Crippen LogP contribution in [0, 0.1) is 17.0 Å². The molecule has 0 radical (unpaired) electrons. The first-order valence-electron chi connectivity index (χ1n) is 6.21. The zero-order chi connectivity index (χ0) is 15.1. The number of fused-ring (bicyclic) bond motifs is 3. The van der Waals surface area contributed by atoms with Crippen LogP contribution < -0.4 is 4.74 Å². The Balaban J connectivity index is 2.37. The molecule has 21 heavy (non-hydrogen) atoms. The van der Waals surface area contributed by atoms with E-state index in [1.54, 1.807) is 12.3 Å². The normalized spacial score (nSPS) is 11.0. The molecule has 0 spiro atoms. The highest BCUT2D eigenvalue weighted by Crippen LogP contribution is 2.36. The largest absolute Gasteiger partial charge is 0.419 e. The van der Waals surface area contributed by atoms with Gasteiger partial charge in [-0.05, 0) is 13.0 Å². The molecule has 1 N–H and O–H groups in total. The highest BCUT2D eigenvalue weighted by atomic mass is 16.6. The Kier molecular flexibility index (Phi) is 2.83. The van der Waals surface area contributed by atoms with Gasteiger partial charge in [0, 0.05) is 36.0 Å². The fraction of sp³-hybridized carbons (Fsp3) is 0.143. The molecule has 0 aliphatic carbocycles. The predicted molar refractivity (Wildman–Crippen MR) is 76.3 cm³/mol. The quantitative estimate of drug-likeness (QED) is 0.338. The Morgan fingerprint density at radius 2 is 2.14 bits per heavy atom. The first-order chi connectivity index (χ1) is 9.97. The van der Waals surface area contributed by atoms with E-state index in [9.17, 15) is 14.9 Å². The van der Waals surface area contributed by atoms with Crippen molar-refractivity contribution in [3.63, 3.8) is 0 Å². The molecule has 0 fully saturated rings. The number of nitrogens with one attached hydrogen (secondary N) is 1. The van der Waals surface area contributed by atoms with Crippen molar-refractivity contribution < 1.29 is 14.5 Å². The summed E-state index contributed by atoms with van der Waals surface area (Å²) in [5.41, 5.74) is 2.01. The molecule has 0 saturated heterocycles. The molecule has 2 heterocycles. The van der Waals surface area contributed by atoms with Crippen molar-refractivity contribution in [2.75, 3.05) is 0 Å². The third-order valence-electron chi connectivity index (χ3n) is 3.24. The van der Waals surface area contributed by atoms with Crippen molar-refractivity contribution in [3.05, 3.63) is 40.2 Å². The van der Waals surface area contributed by atoms with Gasteiger partial charge in [0.15, 0.2) is 0 Å². The van der Waals surface area contributed by atoms with E-state index in [2.05, 4.69) is 9.97 Å². The Hall–Kier alpha value is -2.96. The minimum atomic E-state index is -0.605. The average Bonchev–Trinajstić information content (AvgIpc) is 2.76. The number of nitro groups is 1. The number of pyridine rings is 1. The summed E-state index contributed by atoms with van der Waals surface area (Å²) < 4.78 is 4.92. The van der Waals surface area contributed by atoms with Crippen molar-refractivity contribution in [3.8, 4) is 5.75 Å². The van der Waals surface area contributed by atoms with E-state index in [1.165, 1.54) is 19.1 Å². The monoisotopic (exact) mass is 285 g/mol. The second-order valence-corrected chi connectivity index (χ2v) is 4.66. The van der Waals surface area contributed by atoms with E-state index >= 15 is 0 Å². The summed E-state index contributed by atoms with van der Waals surface area (Å²) in [5, 5.41) is 12.7. The standard InChI is InChI=1S/C14H11N3O4/c1-7-14-9(3-4-15-7)10-5-12(17(19)20)13(21-8(2)18)6-11(10)16-14/h3-6,16H,1-2H3. The number of hydrogen-bond acceptors (Lipinski definition) is 5. The molecule has 0 saturated carbocycles. The molecule has 0 aliphatic rings. The zero-order valence-electron chi connectivity index (χ0n) is 11.3. The van der Waals surface area contributed by atoms with Crippen molar-refractivity contribution in [2.24, 2.45) is 0 Å². The average molecular weight is 285 g/mol. The van der Waals surface area contributed by atoms with E-state index in [0.717, 1.165) is 16.6 Å². The molecule has 7 heteroatoms. The maximum atomic E-state index is 11.2. The number of H-pyrrole nitrogens is 1. The second-order valence-electron chi connectivity index (χ2n) is 4.66. The van der Waals surface area contributed by atoms with E-state index < -0.39 is 10.9 Å². The maximum Gasteiger partial charge on any atom is 0.312 e. The highest BCUT2D eigenvalue weighted by Gasteiger charge is 2.20. The lowest BCUT2D eigenvalue weighted by Gasteiger charge is -2.02. The number of esters is 1. The van der Waals surface area contributed by atoms with Gasteiger partial charge in [-0.3, -0.25) is 19.9 Å². The van der Waals surface area contributed by atoms with Gasteiger partial charge in [0.2, 0.25) is 5.75 Å². The van der Waals surface area contributed by atoms with Crippen molar-refractivity contribution in [2.45, 2.75) is 13.8 Å². The molecule has 106 valence electrons. The van der Waals surface area contributed by atoms with Gasteiger partial charge in [-0.15, -0.1) is 0 Å². The molecule has 7 nitrogen and oxygen atoms in total. The summed E-state index contributed by atoms with van der Waals surface area (Å²) in [5.74, 6) is -0.677. The number of nitrogens with zero attached hydrogens (tertiary/aromatic N) is 2. The molecule has 0 aliphatic heterocycles. The lowest BCUT2D eigenvalue weighted by molar-refractivity contribution is -0.385. The van der Waals surface area contributed by atoms with Crippen LogP contribution >= 0.6 is 0 Å². The predicted octanol–water partition coefficient (Wildman–Crippen LogP) is 2.86. The van der Waals surface area contributed by atoms with Gasteiger partial charge in [-0.2, -0.15) is 0 Å². The van der Waals surface area contributed by atoms with Crippen LogP contribution in [0.5, 0.6) is 5.75 Å². The Morgan fingerprint density at radius 1 is 1.38 bits per heavy atom. The van der Waals surface area contributed by atoms with E-state index in [0.29, 0.717) is 10.9 Å². The minimum absolute atomic E-state index is 0.0721. The maximum absolute atomic E-state index is 11.2. The van der Waals surface area contributed by atoms with Crippen LogP contribution in [0.4, 0.5) is 5.69 Å². The molecule has 3 rings (SSSR count). The highest BCUT2D eigenvalue weighted by molar-refractivity contribution is 6.09. The van der Waals surface area contributed by atoms with Gasteiger partial charge < -0.3 is 9.72 Å². The van der Waals surface area contributed by atoms with Crippen LogP contribution in [-0.2, 0) is 4.79 Å². The van der Waals surface area contributed by atoms with Gasteiger partial charge in [-0.1, -0.05) is 0 Å². The molecule has 2 aromatic heterocycles. The molecule has 0 atom stereocenters. The third-order valence-corrected chi connectivity index (χ3v) is 3.24. The smallest absolute Gasteiger partial charge is 0.312 e. The number of hydrogen-bond donors (Lipinski definition) is 1. The molecule has 1 aromatic carbocycles. The fourth-order valence-corrected chi connectivity index (χ4v) is 2.36. The number of carbonyl (C=O) groups excluding carboxylic acids is 1. The van der Waals surface area contributed by atoms with Gasteiger partial charge in [0.25, 0.3) is 0 Å². The Bertz CT molecular complexity index is 898. The molecule has 0 bridgehead atoms. The van der Waals surface area contributed by atoms with Crippen molar-refractivity contribution >= 4 is 33.5 Å².